The molecule has 0 bridgehead atoms. The molecule has 0 radical (unpaired) electrons. The number of sulfonamides is 1. The van der Waals surface area contributed by atoms with Gasteiger partial charge in [-0.2, -0.15) is 0 Å². The summed E-state index contributed by atoms with van der Waals surface area (Å²) >= 11 is 0. The molecule has 0 unspecified atom stereocenters. The summed E-state index contributed by atoms with van der Waals surface area (Å²) in [6, 6.07) is 18.2. The molecule has 0 fully saturated rings. The number of anilines is 1. The average molecular weight is 453 g/mol. The van der Waals surface area contributed by atoms with E-state index in [9.17, 15) is 18.0 Å². The number of methoxy groups -OCH3 is 1. The minimum Gasteiger partial charge on any atom is -0.465 e. The summed E-state index contributed by atoms with van der Waals surface area (Å²) in [5.74, 6) is -0.782. The Morgan fingerprint density at radius 3 is 2.31 bits per heavy atom. The zero-order chi connectivity index (χ0) is 23.3. The molecule has 7 nitrogen and oxygen atoms in total. The Morgan fingerprint density at radius 2 is 1.62 bits per heavy atom. The Kier molecular flexibility index (Phi) is 6.95. The van der Waals surface area contributed by atoms with Crippen LogP contribution >= 0.6 is 0 Å². The predicted molar refractivity (Wildman–Crippen MR) is 122 cm³/mol. The molecular formula is C24H24N2O5S. The van der Waals surface area contributed by atoms with E-state index in [0.29, 0.717) is 22.4 Å². The third-order valence-corrected chi connectivity index (χ3v) is 6.36. The van der Waals surface area contributed by atoms with Crippen molar-refractivity contribution in [3.8, 4) is 0 Å². The Bertz CT molecular complexity index is 1250. The van der Waals surface area contributed by atoms with Crippen LogP contribution in [0.2, 0.25) is 0 Å². The van der Waals surface area contributed by atoms with Crippen LogP contribution in [0, 0.1) is 13.8 Å². The zero-order valence-electron chi connectivity index (χ0n) is 18.0. The number of rotatable bonds is 7. The molecule has 3 aromatic rings. The number of carbonyl (C=O) groups is 2. The van der Waals surface area contributed by atoms with Gasteiger partial charge in [0, 0.05) is 17.8 Å². The first-order valence-corrected chi connectivity index (χ1v) is 11.3. The molecular weight excluding hydrogens is 428 g/mol. The lowest BCUT2D eigenvalue weighted by molar-refractivity contribution is 0.0600. The van der Waals surface area contributed by atoms with Gasteiger partial charge in [0.05, 0.1) is 17.6 Å². The highest BCUT2D eigenvalue weighted by atomic mass is 32.2. The molecule has 0 saturated heterocycles. The van der Waals surface area contributed by atoms with Crippen molar-refractivity contribution >= 4 is 27.6 Å². The van der Waals surface area contributed by atoms with Crippen LogP contribution in [0.4, 0.5) is 5.69 Å². The third kappa shape index (κ3) is 5.53. The van der Waals surface area contributed by atoms with Gasteiger partial charge in [0.2, 0.25) is 0 Å². The number of carbonyl (C=O) groups excluding carboxylic acids is 2. The van der Waals surface area contributed by atoms with E-state index >= 15 is 0 Å². The highest BCUT2D eigenvalue weighted by Gasteiger charge is 2.18. The fourth-order valence-electron chi connectivity index (χ4n) is 3.09. The Balaban J connectivity index is 1.69. The molecule has 32 heavy (non-hydrogen) atoms. The molecule has 0 saturated carbocycles. The number of hydrogen-bond acceptors (Lipinski definition) is 5. The molecule has 0 atom stereocenters. The van der Waals surface area contributed by atoms with Gasteiger partial charge >= 0.3 is 5.97 Å². The number of benzene rings is 3. The highest BCUT2D eigenvalue weighted by Crippen LogP contribution is 2.21. The second kappa shape index (κ2) is 9.65. The molecule has 0 aromatic heterocycles. The summed E-state index contributed by atoms with van der Waals surface area (Å²) < 4.78 is 32.8. The monoisotopic (exact) mass is 452 g/mol. The van der Waals surface area contributed by atoms with Gasteiger partial charge in [0.25, 0.3) is 15.9 Å². The largest absolute Gasteiger partial charge is 0.465 e. The first-order chi connectivity index (χ1) is 15.2. The maximum absolute atomic E-state index is 12.8. The minimum absolute atomic E-state index is 0.197. The first-order valence-electron chi connectivity index (χ1n) is 9.85. The SMILES string of the molecule is COC(=O)c1ccc(CNC(=O)c2cccc(NS(=O)(=O)c3cc(C)ccc3C)c2)cc1. The first kappa shape index (κ1) is 23.0. The zero-order valence-corrected chi connectivity index (χ0v) is 18.8. The summed E-state index contributed by atoms with van der Waals surface area (Å²) in [5, 5.41) is 2.78. The van der Waals surface area contributed by atoms with E-state index in [1.165, 1.54) is 13.2 Å². The third-order valence-electron chi connectivity index (χ3n) is 4.84. The summed E-state index contributed by atoms with van der Waals surface area (Å²) in [5.41, 5.74) is 3.31. The lowest BCUT2D eigenvalue weighted by Gasteiger charge is -2.12. The standard InChI is InChI=1S/C24H24N2O5S/c1-16-7-8-17(2)22(13-16)32(29,30)26-21-6-4-5-20(14-21)23(27)25-15-18-9-11-19(12-10-18)24(28)31-3/h4-14,26H,15H2,1-3H3,(H,25,27). The van der Waals surface area contributed by atoms with Gasteiger partial charge in [-0.15, -0.1) is 0 Å². The summed E-state index contributed by atoms with van der Waals surface area (Å²) in [4.78, 5) is 24.3. The van der Waals surface area contributed by atoms with Crippen LogP contribution in [0.1, 0.15) is 37.4 Å². The van der Waals surface area contributed by atoms with Crippen LogP contribution < -0.4 is 10.0 Å². The summed E-state index contributed by atoms with van der Waals surface area (Å²) in [7, 11) is -2.48. The average Bonchev–Trinajstić information content (AvgIpc) is 2.78. The van der Waals surface area contributed by atoms with Gasteiger partial charge in [-0.3, -0.25) is 9.52 Å². The molecule has 0 aliphatic carbocycles. The molecule has 8 heteroatoms. The van der Waals surface area contributed by atoms with E-state index in [2.05, 4.69) is 14.8 Å². The Hall–Kier alpha value is -3.65. The van der Waals surface area contributed by atoms with Crippen LogP contribution in [0.3, 0.4) is 0 Å². The van der Waals surface area contributed by atoms with Crippen LogP contribution in [0.5, 0.6) is 0 Å². The summed E-state index contributed by atoms with van der Waals surface area (Å²) in [6.45, 7) is 3.81. The van der Waals surface area contributed by atoms with E-state index in [-0.39, 0.29) is 17.3 Å². The second-order valence-corrected chi connectivity index (χ2v) is 8.98. The number of esters is 1. The smallest absolute Gasteiger partial charge is 0.337 e. The lowest BCUT2D eigenvalue weighted by atomic mass is 10.1. The molecule has 2 N–H and O–H groups in total. The van der Waals surface area contributed by atoms with Crippen molar-refractivity contribution in [2.45, 2.75) is 25.3 Å². The van der Waals surface area contributed by atoms with Crippen molar-refractivity contribution in [2.75, 3.05) is 11.8 Å². The highest BCUT2D eigenvalue weighted by molar-refractivity contribution is 7.92. The molecule has 0 aliphatic rings. The normalized spacial score (nSPS) is 11.0. The van der Waals surface area contributed by atoms with Gasteiger partial charge in [-0.05, 0) is 66.9 Å². The molecule has 3 rings (SSSR count). The Labute approximate surface area is 187 Å². The van der Waals surface area contributed by atoms with E-state index in [1.54, 1.807) is 61.5 Å². The Morgan fingerprint density at radius 1 is 0.906 bits per heavy atom. The van der Waals surface area contributed by atoms with Gasteiger partial charge in [-0.25, -0.2) is 13.2 Å². The van der Waals surface area contributed by atoms with Gasteiger partial charge in [-0.1, -0.05) is 30.3 Å². The van der Waals surface area contributed by atoms with Crippen LogP contribution in [-0.2, 0) is 21.3 Å². The van der Waals surface area contributed by atoms with Crippen molar-refractivity contribution in [3.63, 3.8) is 0 Å². The molecule has 1 amide bonds. The molecule has 166 valence electrons. The van der Waals surface area contributed by atoms with Gasteiger partial charge < -0.3 is 10.1 Å². The predicted octanol–water partition coefficient (Wildman–Crippen LogP) is 3.82. The number of aryl methyl sites for hydroxylation is 2. The minimum atomic E-state index is -3.80. The van der Waals surface area contributed by atoms with Crippen molar-refractivity contribution in [1.82, 2.24) is 5.32 Å². The number of hydrogen-bond donors (Lipinski definition) is 2. The van der Waals surface area contributed by atoms with Gasteiger partial charge in [0.15, 0.2) is 0 Å². The van der Waals surface area contributed by atoms with Crippen LogP contribution in [0.25, 0.3) is 0 Å². The van der Waals surface area contributed by atoms with E-state index in [4.69, 9.17) is 0 Å². The lowest BCUT2D eigenvalue weighted by Crippen LogP contribution is -2.23. The van der Waals surface area contributed by atoms with Crippen molar-refractivity contribution in [1.29, 1.82) is 0 Å². The number of amides is 1. The van der Waals surface area contributed by atoms with Gasteiger partial charge in [0.1, 0.15) is 0 Å². The fourth-order valence-corrected chi connectivity index (χ4v) is 4.47. The molecule has 0 heterocycles. The van der Waals surface area contributed by atoms with Crippen molar-refractivity contribution in [2.24, 2.45) is 0 Å². The molecule has 0 aliphatic heterocycles. The quantitative estimate of drug-likeness (QED) is 0.531. The molecule has 0 spiro atoms. The van der Waals surface area contributed by atoms with Crippen molar-refractivity contribution < 1.29 is 22.7 Å². The van der Waals surface area contributed by atoms with Crippen LogP contribution in [0.15, 0.2) is 71.6 Å². The van der Waals surface area contributed by atoms with Crippen LogP contribution in [-0.4, -0.2) is 27.4 Å². The maximum atomic E-state index is 12.8. The van der Waals surface area contributed by atoms with Crippen molar-refractivity contribution in [3.05, 3.63) is 94.5 Å². The van der Waals surface area contributed by atoms with E-state index < -0.39 is 16.0 Å². The number of nitrogens with one attached hydrogen (secondary N) is 2. The molecule has 3 aromatic carbocycles. The van der Waals surface area contributed by atoms with E-state index in [1.807, 2.05) is 13.0 Å². The summed E-state index contributed by atoms with van der Waals surface area (Å²) in [6.07, 6.45) is 0. The topological polar surface area (TPSA) is 102 Å². The number of ether oxygens (including phenoxy) is 1. The fraction of sp³-hybridized carbons (Fsp3) is 0.167. The van der Waals surface area contributed by atoms with E-state index in [0.717, 1.165) is 11.1 Å². The second-order valence-electron chi connectivity index (χ2n) is 7.33. The maximum Gasteiger partial charge on any atom is 0.337 e.